The van der Waals surface area contributed by atoms with Crippen molar-refractivity contribution < 1.29 is 27.9 Å². The van der Waals surface area contributed by atoms with Crippen molar-refractivity contribution in [2.45, 2.75) is 4.90 Å². The van der Waals surface area contributed by atoms with Crippen LogP contribution in [0.3, 0.4) is 0 Å². The molecule has 0 radical (unpaired) electrons. The number of hydrogen-bond donors (Lipinski definition) is 3. The Bertz CT molecular complexity index is 634. The molecule has 1 aromatic heterocycles. The summed E-state index contributed by atoms with van der Waals surface area (Å²) in [5.41, 5.74) is 9.81. The molecule has 0 aromatic carbocycles. The third kappa shape index (κ3) is 3.53. The largest absolute Gasteiger partial charge is 0.477 e. The van der Waals surface area contributed by atoms with Gasteiger partial charge in [-0.2, -0.15) is 4.31 Å². The Labute approximate surface area is 117 Å². The van der Waals surface area contributed by atoms with E-state index in [9.17, 15) is 22.8 Å². The van der Waals surface area contributed by atoms with Gasteiger partial charge in [0.25, 0.3) is 0 Å². The number of nitrogens with zero attached hydrogens (tertiary/aromatic N) is 1. The summed E-state index contributed by atoms with van der Waals surface area (Å²) in [6.07, 6.45) is 0. The number of thiophene rings is 1. The maximum absolute atomic E-state index is 12.2. The van der Waals surface area contributed by atoms with Gasteiger partial charge in [-0.1, -0.05) is 0 Å². The lowest BCUT2D eigenvalue weighted by molar-refractivity contribution is -0.120. The van der Waals surface area contributed by atoms with Crippen molar-refractivity contribution in [3.63, 3.8) is 0 Å². The summed E-state index contributed by atoms with van der Waals surface area (Å²) in [6, 6.07) is 1.07. The number of carbonyl (C=O) groups excluding carboxylic acids is 2. The highest BCUT2D eigenvalue weighted by Crippen LogP contribution is 2.25. The molecule has 110 valence electrons. The second-order valence-electron chi connectivity index (χ2n) is 3.62. The first kappa shape index (κ1) is 16.1. The molecule has 0 atom stereocenters. The summed E-state index contributed by atoms with van der Waals surface area (Å²) in [6.45, 7) is -1.56. The number of sulfonamides is 1. The van der Waals surface area contributed by atoms with Crippen LogP contribution in [0.5, 0.6) is 0 Å². The molecule has 0 fully saturated rings. The zero-order valence-corrected chi connectivity index (χ0v) is 11.6. The first-order chi connectivity index (χ1) is 9.16. The summed E-state index contributed by atoms with van der Waals surface area (Å²) in [5.74, 6) is -3.43. The molecule has 0 aliphatic rings. The standard InChI is InChI=1S/C9H11N3O6S2/c10-6(13)3-12(4-7(11)14)20(17,18)5-1-2-19-8(5)9(15)16/h1-2H,3-4H2,(H2,10,13)(H2,11,14)(H,15,16). The molecule has 1 heterocycles. The van der Waals surface area contributed by atoms with Gasteiger partial charge in [0.05, 0.1) is 13.1 Å². The van der Waals surface area contributed by atoms with E-state index in [1.54, 1.807) is 0 Å². The molecule has 0 aliphatic heterocycles. The number of nitrogens with two attached hydrogens (primary N) is 2. The third-order valence-corrected chi connectivity index (χ3v) is 4.97. The normalized spacial score (nSPS) is 11.4. The molecule has 0 spiro atoms. The maximum Gasteiger partial charge on any atom is 0.347 e. The molecule has 0 saturated heterocycles. The zero-order chi connectivity index (χ0) is 15.5. The van der Waals surface area contributed by atoms with Gasteiger partial charge in [0, 0.05) is 0 Å². The van der Waals surface area contributed by atoms with E-state index in [2.05, 4.69) is 0 Å². The van der Waals surface area contributed by atoms with E-state index >= 15 is 0 Å². The summed E-state index contributed by atoms with van der Waals surface area (Å²) < 4.78 is 24.9. The van der Waals surface area contributed by atoms with Gasteiger partial charge in [0.2, 0.25) is 21.8 Å². The third-order valence-electron chi connectivity index (χ3n) is 2.11. The molecule has 2 amide bonds. The van der Waals surface area contributed by atoms with E-state index in [-0.39, 0.29) is 0 Å². The van der Waals surface area contributed by atoms with Gasteiger partial charge in [-0.15, -0.1) is 11.3 Å². The van der Waals surface area contributed by atoms with Gasteiger partial charge in [0.1, 0.15) is 9.77 Å². The summed E-state index contributed by atoms with van der Waals surface area (Å²) >= 11 is 0.702. The highest BCUT2D eigenvalue weighted by atomic mass is 32.2. The van der Waals surface area contributed by atoms with Gasteiger partial charge in [0.15, 0.2) is 0 Å². The summed E-state index contributed by atoms with van der Waals surface area (Å²) in [5, 5.41) is 10.2. The van der Waals surface area contributed by atoms with E-state index in [1.807, 2.05) is 0 Å². The predicted octanol–water partition coefficient (Wildman–Crippen LogP) is -1.59. The minimum atomic E-state index is -4.36. The van der Waals surface area contributed by atoms with Crippen LogP contribution in [0.4, 0.5) is 0 Å². The van der Waals surface area contributed by atoms with Crippen LogP contribution in [0.15, 0.2) is 16.3 Å². The van der Waals surface area contributed by atoms with Crippen LogP contribution in [0, 0.1) is 0 Å². The Hall–Kier alpha value is -1.98. The smallest absolute Gasteiger partial charge is 0.347 e. The van der Waals surface area contributed by atoms with Crippen LogP contribution in [0.2, 0.25) is 0 Å². The lowest BCUT2D eigenvalue weighted by atomic mass is 10.5. The molecular formula is C9H11N3O6S2. The van der Waals surface area contributed by atoms with Crippen molar-refractivity contribution in [1.29, 1.82) is 0 Å². The molecule has 11 heteroatoms. The number of aromatic carboxylic acids is 1. The Morgan fingerprint density at radius 2 is 1.70 bits per heavy atom. The van der Waals surface area contributed by atoms with Crippen molar-refractivity contribution in [2.24, 2.45) is 11.5 Å². The van der Waals surface area contributed by atoms with Crippen LogP contribution in [-0.4, -0.2) is 48.7 Å². The summed E-state index contributed by atoms with van der Waals surface area (Å²) in [4.78, 5) is 31.8. The van der Waals surface area contributed by atoms with Crippen LogP contribution < -0.4 is 11.5 Å². The van der Waals surface area contributed by atoms with Gasteiger partial charge in [-0.25, -0.2) is 13.2 Å². The Morgan fingerprint density at radius 1 is 1.20 bits per heavy atom. The SMILES string of the molecule is NC(=O)CN(CC(N)=O)S(=O)(=O)c1ccsc1C(=O)O. The number of hydrogen-bond acceptors (Lipinski definition) is 6. The molecule has 0 saturated carbocycles. The average molecular weight is 321 g/mol. The maximum atomic E-state index is 12.2. The molecule has 9 nitrogen and oxygen atoms in total. The molecule has 1 rings (SSSR count). The second kappa shape index (κ2) is 5.98. The minimum absolute atomic E-state index is 0.427. The molecular weight excluding hydrogens is 310 g/mol. The number of carboxylic acid groups (broad SMARTS) is 1. The average Bonchev–Trinajstić information content (AvgIpc) is 2.76. The molecule has 5 N–H and O–H groups in total. The quantitative estimate of drug-likeness (QED) is 0.548. The monoisotopic (exact) mass is 321 g/mol. The van der Waals surface area contributed by atoms with E-state index in [0.717, 1.165) is 6.07 Å². The van der Waals surface area contributed by atoms with Gasteiger partial charge < -0.3 is 16.6 Å². The van der Waals surface area contributed by atoms with E-state index in [4.69, 9.17) is 16.6 Å². The summed E-state index contributed by atoms with van der Waals surface area (Å²) in [7, 11) is -4.36. The highest BCUT2D eigenvalue weighted by Gasteiger charge is 2.32. The Kier molecular flexibility index (Phi) is 4.81. The van der Waals surface area contributed by atoms with Gasteiger partial charge in [-0.3, -0.25) is 9.59 Å². The van der Waals surface area contributed by atoms with Crippen molar-refractivity contribution in [3.05, 3.63) is 16.3 Å². The molecule has 0 unspecified atom stereocenters. The van der Waals surface area contributed by atoms with E-state index in [1.165, 1.54) is 5.38 Å². The highest BCUT2D eigenvalue weighted by molar-refractivity contribution is 7.89. The predicted molar refractivity (Wildman–Crippen MR) is 68.4 cm³/mol. The van der Waals surface area contributed by atoms with Gasteiger partial charge in [-0.05, 0) is 11.4 Å². The molecule has 0 aliphatic carbocycles. The number of primary amides is 2. The fourth-order valence-corrected chi connectivity index (χ4v) is 3.97. The Balaban J connectivity index is 3.28. The number of carbonyl (C=O) groups is 3. The first-order valence-corrected chi connectivity index (χ1v) is 7.35. The second-order valence-corrected chi connectivity index (χ2v) is 6.45. The van der Waals surface area contributed by atoms with Crippen LogP contribution in [0.1, 0.15) is 9.67 Å². The fourth-order valence-electron chi connectivity index (χ4n) is 1.37. The molecule has 20 heavy (non-hydrogen) atoms. The zero-order valence-electron chi connectivity index (χ0n) is 9.98. The minimum Gasteiger partial charge on any atom is -0.477 e. The topological polar surface area (TPSA) is 161 Å². The van der Waals surface area contributed by atoms with Crippen LogP contribution in [0.25, 0.3) is 0 Å². The number of carboxylic acids is 1. The number of amides is 2. The first-order valence-electron chi connectivity index (χ1n) is 5.03. The van der Waals surface area contributed by atoms with Crippen LogP contribution >= 0.6 is 11.3 Å². The molecule has 1 aromatic rings. The van der Waals surface area contributed by atoms with Crippen molar-refractivity contribution in [3.8, 4) is 0 Å². The van der Waals surface area contributed by atoms with E-state index < -0.39 is 50.7 Å². The van der Waals surface area contributed by atoms with E-state index in [0.29, 0.717) is 15.6 Å². The van der Waals surface area contributed by atoms with Crippen molar-refractivity contribution in [2.75, 3.05) is 13.1 Å². The Morgan fingerprint density at radius 3 is 2.10 bits per heavy atom. The molecule has 0 bridgehead atoms. The fraction of sp³-hybridized carbons (Fsp3) is 0.222. The number of rotatable bonds is 7. The van der Waals surface area contributed by atoms with Crippen molar-refractivity contribution >= 4 is 39.1 Å². The van der Waals surface area contributed by atoms with Crippen molar-refractivity contribution in [1.82, 2.24) is 4.31 Å². The lowest BCUT2D eigenvalue weighted by Gasteiger charge is -2.18. The van der Waals surface area contributed by atoms with Gasteiger partial charge >= 0.3 is 5.97 Å². The lowest BCUT2D eigenvalue weighted by Crippen LogP contribution is -2.43. The van der Waals surface area contributed by atoms with Crippen LogP contribution in [-0.2, 0) is 19.6 Å².